The Balaban J connectivity index is 2.59. The summed E-state index contributed by atoms with van der Waals surface area (Å²) in [5, 5.41) is 0. The highest BCUT2D eigenvalue weighted by Crippen LogP contribution is 2.21. The lowest BCUT2D eigenvalue weighted by atomic mass is 9.92. The smallest absolute Gasteiger partial charge is 0.00214 e. The maximum atomic E-state index is 2.26. The van der Waals surface area contributed by atoms with Gasteiger partial charge in [-0.15, -0.1) is 0 Å². The molecule has 0 spiro atoms. The van der Waals surface area contributed by atoms with Crippen LogP contribution in [0.1, 0.15) is 32.8 Å². The van der Waals surface area contributed by atoms with E-state index < -0.39 is 0 Å². The van der Waals surface area contributed by atoms with E-state index in [1.807, 2.05) is 0 Å². The van der Waals surface area contributed by atoms with Crippen LogP contribution in [0.3, 0.4) is 0 Å². The lowest BCUT2D eigenvalue weighted by Gasteiger charge is -2.12. The van der Waals surface area contributed by atoms with Crippen LogP contribution in [0.2, 0.25) is 0 Å². The lowest BCUT2D eigenvalue weighted by Crippen LogP contribution is -1.98. The van der Waals surface area contributed by atoms with Crippen molar-refractivity contribution in [1.82, 2.24) is 0 Å². The Morgan fingerprint density at radius 1 is 1.17 bits per heavy atom. The van der Waals surface area contributed by atoms with Gasteiger partial charge in [-0.3, -0.25) is 0 Å². The van der Waals surface area contributed by atoms with Crippen LogP contribution in [-0.2, 0) is 0 Å². The van der Waals surface area contributed by atoms with E-state index in [9.17, 15) is 0 Å². The third kappa shape index (κ3) is 2.69. The lowest BCUT2D eigenvalue weighted by molar-refractivity contribution is 0.609. The largest absolute Gasteiger partial charge is 0.0627 e. The first-order valence-corrected chi connectivity index (χ1v) is 4.58. The first-order chi connectivity index (χ1) is 5.70. The van der Waals surface area contributed by atoms with Crippen molar-refractivity contribution in [2.75, 3.05) is 0 Å². The van der Waals surface area contributed by atoms with Crippen molar-refractivity contribution in [3.8, 4) is 0 Å². The quantitative estimate of drug-likeness (QED) is 0.634. The van der Waals surface area contributed by atoms with Gasteiger partial charge < -0.3 is 0 Å². The summed E-state index contributed by atoms with van der Waals surface area (Å²) in [7, 11) is 0. The number of hydrogen-bond acceptors (Lipinski definition) is 0. The topological polar surface area (TPSA) is 0 Å². The second kappa shape index (κ2) is 4.30. The average Bonchev–Trinajstić information content (AvgIpc) is 2.05. The average molecular weight is 161 g/mol. The van der Waals surface area contributed by atoms with E-state index in [-0.39, 0.29) is 0 Å². The molecule has 0 heteroatoms. The van der Waals surface area contributed by atoms with E-state index in [4.69, 9.17) is 0 Å². The van der Waals surface area contributed by atoms with E-state index in [2.05, 4.69) is 51.1 Å². The van der Waals surface area contributed by atoms with E-state index in [0.717, 1.165) is 5.92 Å². The third-order valence-electron chi connectivity index (χ3n) is 1.98. The van der Waals surface area contributed by atoms with Gasteiger partial charge in [0.2, 0.25) is 0 Å². The summed E-state index contributed by atoms with van der Waals surface area (Å²) in [5.74, 6) is 2.25. The Morgan fingerprint density at radius 2 is 1.75 bits per heavy atom. The second-order valence-corrected chi connectivity index (χ2v) is 3.74. The highest BCUT2D eigenvalue weighted by molar-refractivity contribution is 5.28. The highest BCUT2D eigenvalue weighted by Gasteiger charge is 2.06. The zero-order chi connectivity index (χ0) is 8.97. The zero-order valence-electron chi connectivity index (χ0n) is 8.17. The molecule has 0 saturated carbocycles. The van der Waals surface area contributed by atoms with Crippen LogP contribution in [0.5, 0.6) is 0 Å². The van der Waals surface area contributed by atoms with Gasteiger partial charge in [-0.25, -0.2) is 0 Å². The summed E-state index contributed by atoms with van der Waals surface area (Å²) in [6.07, 6.45) is 1.20. The van der Waals surface area contributed by atoms with Crippen molar-refractivity contribution >= 4 is 0 Å². The molecule has 0 saturated heterocycles. The fraction of sp³-hybridized carbons (Fsp3) is 0.417. The molecule has 0 aromatic heterocycles. The molecule has 0 aliphatic carbocycles. The molecule has 12 heavy (non-hydrogen) atoms. The summed E-state index contributed by atoms with van der Waals surface area (Å²) in [4.78, 5) is 0. The molecule has 0 nitrogen and oxygen atoms in total. The van der Waals surface area contributed by atoms with Crippen LogP contribution >= 0.6 is 0 Å². The first-order valence-electron chi connectivity index (χ1n) is 4.58. The number of benzene rings is 1. The fourth-order valence-electron chi connectivity index (χ4n) is 1.45. The molecule has 0 bridgehead atoms. The standard InChI is InChI=1S/C12H17/c1-10(2)9-11(3)12-7-5-4-6-8-12/h4-8,10H,9H2,1-3H3. The summed E-state index contributed by atoms with van der Waals surface area (Å²) >= 11 is 0. The molecule has 0 heterocycles. The van der Waals surface area contributed by atoms with Crippen molar-refractivity contribution in [2.45, 2.75) is 27.2 Å². The van der Waals surface area contributed by atoms with Crippen molar-refractivity contribution in [1.29, 1.82) is 0 Å². The van der Waals surface area contributed by atoms with Gasteiger partial charge in [0, 0.05) is 5.92 Å². The van der Waals surface area contributed by atoms with Crippen LogP contribution in [0.25, 0.3) is 0 Å². The van der Waals surface area contributed by atoms with Crippen molar-refractivity contribution in [3.05, 3.63) is 41.8 Å². The number of rotatable bonds is 3. The molecule has 65 valence electrons. The van der Waals surface area contributed by atoms with Crippen LogP contribution in [0, 0.1) is 11.8 Å². The van der Waals surface area contributed by atoms with E-state index >= 15 is 0 Å². The maximum Gasteiger partial charge on any atom is 0.00214 e. The summed E-state index contributed by atoms with van der Waals surface area (Å²) in [6.45, 7) is 6.73. The Hall–Kier alpha value is -0.780. The minimum Gasteiger partial charge on any atom is -0.0627 e. The molecular weight excluding hydrogens is 144 g/mol. The summed E-state index contributed by atoms with van der Waals surface area (Å²) in [6, 6.07) is 10.6. The van der Waals surface area contributed by atoms with Gasteiger partial charge >= 0.3 is 0 Å². The Labute approximate surface area is 75.6 Å². The Kier molecular flexibility index (Phi) is 3.33. The molecule has 0 aliphatic rings. The number of hydrogen-bond donors (Lipinski definition) is 0. The molecule has 0 amide bonds. The molecule has 0 aliphatic heterocycles. The van der Waals surface area contributed by atoms with Crippen LogP contribution in [-0.4, -0.2) is 0 Å². The van der Waals surface area contributed by atoms with Gasteiger partial charge in [-0.2, -0.15) is 0 Å². The molecule has 0 fully saturated rings. The van der Waals surface area contributed by atoms with Crippen LogP contribution in [0.4, 0.5) is 0 Å². The Bertz CT molecular complexity index is 211. The van der Waals surface area contributed by atoms with Crippen molar-refractivity contribution in [2.24, 2.45) is 5.92 Å². The monoisotopic (exact) mass is 161 g/mol. The van der Waals surface area contributed by atoms with E-state index in [1.54, 1.807) is 0 Å². The zero-order valence-corrected chi connectivity index (χ0v) is 8.17. The molecular formula is C12H17. The van der Waals surface area contributed by atoms with E-state index in [1.165, 1.54) is 17.9 Å². The van der Waals surface area contributed by atoms with Gasteiger partial charge in [0.25, 0.3) is 0 Å². The normalized spacial score (nSPS) is 11.1. The molecule has 1 aromatic carbocycles. The van der Waals surface area contributed by atoms with Gasteiger partial charge in [-0.05, 0) is 17.9 Å². The van der Waals surface area contributed by atoms with Gasteiger partial charge in [-0.1, -0.05) is 51.1 Å². The minimum absolute atomic E-state index is 0.755. The maximum absolute atomic E-state index is 2.26. The molecule has 1 rings (SSSR count). The first kappa shape index (κ1) is 9.31. The van der Waals surface area contributed by atoms with Crippen molar-refractivity contribution < 1.29 is 0 Å². The molecule has 0 N–H and O–H groups in total. The summed E-state index contributed by atoms with van der Waals surface area (Å²) in [5.41, 5.74) is 1.38. The molecule has 1 radical (unpaired) electrons. The molecule has 1 aromatic rings. The third-order valence-corrected chi connectivity index (χ3v) is 1.98. The molecule has 0 unspecified atom stereocenters. The van der Waals surface area contributed by atoms with Gasteiger partial charge in [0.05, 0.1) is 0 Å². The predicted molar refractivity (Wildman–Crippen MR) is 53.9 cm³/mol. The van der Waals surface area contributed by atoms with Crippen LogP contribution in [0.15, 0.2) is 30.3 Å². The highest BCUT2D eigenvalue weighted by atomic mass is 14.1. The second-order valence-electron chi connectivity index (χ2n) is 3.74. The Morgan fingerprint density at radius 3 is 2.25 bits per heavy atom. The van der Waals surface area contributed by atoms with E-state index in [0.29, 0.717) is 0 Å². The van der Waals surface area contributed by atoms with Crippen molar-refractivity contribution in [3.63, 3.8) is 0 Å². The minimum atomic E-state index is 0.755. The van der Waals surface area contributed by atoms with Gasteiger partial charge in [0.15, 0.2) is 0 Å². The molecule has 0 atom stereocenters. The SMILES string of the molecule is C[C](CC(C)C)c1ccccc1. The predicted octanol–water partition coefficient (Wildman–Crippen LogP) is 3.68. The fourth-order valence-corrected chi connectivity index (χ4v) is 1.45. The summed E-state index contributed by atoms with van der Waals surface area (Å²) < 4.78 is 0. The van der Waals surface area contributed by atoms with Gasteiger partial charge in [0.1, 0.15) is 0 Å². The van der Waals surface area contributed by atoms with Crippen LogP contribution < -0.4 is 0 Å².